The minimum Gasteiger partial charge on any atom is -0.504 e. The van der Waals surface area contributed by atoms with Gasteiger partial charge in [0.05, 0.1) is 5.56 Å². The fraction of sp³-hybridized carbons (Fsp3) is 0.188. The molecular formula is C16H17NO3. The molecule has 2 aromatic carbocycles. The Hall–Kier alpha value is -2.49. The number of amides is 1. The fourth-order valence-electron chi connectivity index (χ4n) is 2.27. The first-order valence-corrected chi connectivity index (χ1v) is 6.30. The minimum atomic E-state index is -0.451. The molecule has 0 aliphatic carbocycles. The van der Waals surface area contributed by atoms with Gasteiger partial charge in [-0.1, -0.05) is 23.8 Å². The number of para-hydroxylation sites is 1. The smallest absolute Gasteiger partial charge is 0.259 e. The summed E-state index contributed by atoms with van der Waals surface area (Å²) >= 11 is 0. The van der Waals surface area contributed by atoms with E-state index in [0.717, 1.165) is 22.4 Å². The number of aryl methyl sites for hydroxylation is 3. The van der Waals surface area contributed by atoms with Crippen LogP contribution in [0, 0.1) is 20.8 Å². The Morgan fingerprint density at radius 3 is 2.25 bits per heavy atom. The molecule has 3 N–H and O–H groups in total. The van der Waals surface area contributed by atoms with Crippen LogP contribution in [0.2, 0.25) is 0 Å². The molecule has 0 unspecified atom stereocenters. The van der Waals surface area contributed by atoms with Crippen LogP contribution in [0.4, 0.5) is 5.69 Å². The summed E-state index contributed by atoms with van der Waals surface area (Å²) in [5.41, 5.74) is 3.80. The van der Waals surface area contributed by atoms with Crippen molar-refractivity contribution in [1.82, 2.24) is 0 Å². The van der Waals surface area contributed by atoms with E-state index in [0.29, 0.717) is 0 Å². The van der Waals surface area contributed by atoms with Crippen molar-refractivity contribution in [2.75, 3.05) is 5.32 Å². The van der Waals surface area contributed by atoms with E-state index in [-0.39, 0.29) is 11.3 Å². The van der Waals surface area contributed by atoms with Crippen LogP contribution >= 0.6 is 0 Å². The van der Waals surface area contributed by atoms with Gasteiger partial charge in [-0.05, 0) is 44.0 Å². The molecule has 0 radical (unpaired) electrons. The standard InChI is InChI=1S/C16H17NO3/c1-9-7-10(2)14(11(3)8-9)17-16(20)12-5-4-6-13(18)15(12)19/h4-8,18-19H,1-3H3,(H,17,20). The van der Waals surface area contributed by atoms with Crippen molar-refractivity contribution in [2.24, 2.45) is 0 Å². The molecule has 104 valence electrons. The molecule has 0 heterocycles. The number of phenols is 2. The third-order valence-corrected chi connectivity index (χ3v) is 3.17. The molecule has 1 amide bonds. The number of phenolic OH excluding ortho intramolecular Hbond substituents is 2. The van der Waals surface area contributed by atoms with Crippen molar-refractivity contribution in [1.29, 1.82) is 0 Å². The first kappa shape index (κ1) is 13.9. The molecule has 0 saturated carbocycles. The van der Waals surface area contributed by atoms with Crippen LogP contribution in [0.3, 0.4) is 0 Å². The molecule has 4 heteroatoms. The Morgan fingerprint density at radius 1 is 1.05 bits per heavy atom. The largest absolute Gasteiger partial charge is 0.504 e. The molecule has 0 aliphatic rings. The summed E-state index contributed by atoms with van der Waals surface area (Å²) in [7, 11) is 0. The zero-order valence-electron chi connectivity index (χ0n) is 11.7. The normalized spacial score (nSPS) is 10.3. The second-order valence-electron chi connectivity index (χ2n) is 4.90. The number of hydrogen-bond acceptors (Lipinski definition) is 3. The number of nitrogens with one attached hydrogen (secondary N) is 1. The number of benzene rings is 2. The third-order valence-electron chi connectivity index (χ3n) is 3.17. The van der Waals surface area contributed by atoms with E-state index in [1.165, 1.54) is 18.2 Å². The molecule has 20 heavy (non-hydrogen) atoms. The summed E-state index contributed by atoms with van der Waals surface area (Å²) in [4.78, 5) is 12.2. The lowest BCUT2D eigenvalue weighted by molar-refractivity contribution is 0.102. The van der Waals surface area contributed by atoms with Gasteiger partial charge in [0.1, 0.15) is 0 Å². The van der Waals surface area contributed by atoms with Crippen molar-refractivity contribution in [3.8, 4) is 11.5 Å². The van der Waals surface area contributed by atoms with Crippen LogP contribution in [0.15, 0.2) is 30.3 Å². The van der Waals surface area contributed by atoms with Crippen LogP contribution in [-0.4, -0.2) is 16.1 Å². The molecule has 0 bridgehead atoms. The number of rotatable bonds is 2. The van der Waals surface area contributed by atoms with E-state index in [2.05, 4.69) is 5.32 Å². The van der Waals surface area contributed by atoms with Crippen LogP contribution in [0.5, 0.6) is 11.5 Å². The summed E-state index contributed by atoms with van der Waals surface area (Å²) in [5, 5.41) is 21.9. The highest BCUT2D eigenvalue weighted by atomic mass is 16.3. The maximum atomic E-state index is 12.2. The summed E-state index contributed by atoms with van der Waals surface area (Å²) < 4.78 is 0. The zero-order valence-corrected chi connectivity index (χ0v) is 11.7. The van der Waals surface area contributed by atoms with Crippen LogP contribution in [0.1, 0.15) is 27.0 Å². The van der Waals surface area contributed by atoms with E-state index in [4.69, 9.17) is 0 Å². The molecule has 0 atom stereocenters. The van der Waals surface area contributed by atoms with Crippen molar-refractivity contribution < 1.29 is 15.0 Å². The van der Waals surface area contributed by atoms with Gasteiger partial charge in [0.15, 0.2) is 11.5 Å². The maximum Gasteiger partial charge on any atom is 0.259 e. The van der Waals surface area contributed by atoms with Gasteiger partial charge in [-0.3, -0.25) is 4.79 Å². The molecule has 0 aliphatic heterocycles. The third kappa shape index (κ3) is 2.59. The molecule has 0 saturated heterocycles. The van der Waals surface area contributed by atoms with Gasteiger partial charge >= 0.3 is 0 Å². The van der Waals surface area contributed by atoms with Crippen molar-refractivity contribution in [3.63, 3.8) is 0 Å². The minimum absolute atomic E-state index is 0.0457. The molecule has 2 aromatic rings. The Bertz CT molecular complexity index is 654. The van der Waals surface area contributed by atoms with E-state index >= 15 is 0 Å². The molecule has 0 fully saturated rings. The quantitative estimate of drug-likeness (QED) is 0.734. The van der Waals surface area contributed by atoms with Gasteiger partial charge in [0.25, 0.3) is 5.91 Å². The Morgan fingerprint density at radius 2 is 1.65 bits per heavy atom. The van der Waals surface area contributed by atoms with E-state index in [9.17, 15) is 15.0 Å². The summed E-state index contributed by atoms with van der Waals surface area (Å²) in [5.74, 6) is -1.17. The Balaban J connectivity index is 2.36. The van der Waals surface area contributed by atoms with Crippen molar-refractivity contribution in [3.05, 3.63) is 52.6 Å². The lowest BCUT2D eigenvalue weighted by atomic mass is 10.0. The van der Waals surface area contributed by atoms with Gasteiger partial charge in [0.2, 0.25) is 0 Å². The van der Waals surface area contributed by atoms with Crippen LogP contribution < -0.4 is 5.32 Å². The van der Waals surface area contributed by atoms with E-state index in [1.54, 1.807) is 0 Å². The van der Waals surface area contributed by atoms with Gasteiger partial charge in [0, 0.05) is 5.69 Å². The molecular weight excluding hydrogens is 254 g/mol. The number of hydrogen-bond donors (Lipinski definition) is 3. The lowest BCUT2D eigenvalue weighted by Crippen LogP contribution is -2.14. The highest BCUT2D eigenvalue weighted by Gasteiger charge is 2.15. The van der Waals surface area contributed by atoms with Crippen molar-refractivity contribution >= 4 is 11.6 Å². The second-order valence-corrected chi connectivity index (χ2v) is 4.90. The Kier molecular flexibility index (Phi) is 3.66. The SMILES string of the molecule is Cc1cc(C)c(NC(=O)c2cccc(O)c2O)c(C)c1. The molecule has 0 aromatic heterocycles. The summed E-state index contributed by atoms with van der Waals surface area (Å²) in [6.45, 7) is 5.82. The highest BCUT2D eigenvalue weighted by Crippen LogP contribution is 2.29. The lowest BCUT2D eigenvalue weighted by Gasteiger charge is -2.13. The predicted molar refractivity (Wildman–Crippen MR) is 78.4 cm³/mol. The second kappa shape index (κ2) is 5.25. The van der Waals surface area contributed by atoms with E-state index < -0.39 is 11.7 Å². The highest BCUT2D eigenvalue weighted by molar-refractivity contribution is 6.07. The first-order chi connectivity index (χ1) is 9.40. The van der Waals surface area contributed by atoms with Crippen LogP contribution in [-0.2, 0) is 0 Å². The average Bonchev–Trinajstić information content (AvgIpc) is 2.36. The Labute approximate surface area is 117 Å². The van der Waals surface area contributed by atoms with Crippen molar-refractivity contribution in [2.45, 2.75) is 20.8 Å². The summed E-state index contributed by atoms with van der Waals surface area (Å²) in [6, 6.07) is 8.26. The van der Waals surface area contributed by atoms with Gasteiger partial charge in [-0.15, -0.1) is 0 Å². The summed E-state index contributed by atoms with van der Waals surface area (Å²) in [6.07, 6.45) is 0. The monoisotopic (exact) mass is 271 g/mol. The number of anilines is 1. The number of aromatic hydroxyl groups is 2. The predicted octanol–water partition coefficient (Wildman–Crippen LogP) is 3.28. The topological polar surface area (TPSA) is 69.6 Å². The maximum absolute atomic E-state index is 12.2. The van der Waals surface area contributed by atoms with Gasteiger partial charge < -0.3 is 15.5 Å². The molecule has 0 spiro atoms. The first-order valence-electron chi connectivity index (χ1n) is 6.30. The van der Waals surface area contributed by atoms with E-state index in [1.807, 2.05) is 32.9 Å². The number of carbonyl (C=O) groups excluding carboxylic acids is 1. The van der Waals surface area contributed by atoms with Crippen LogP contribution in [0.25, 0.3) is 0 Å². The zero-order chi connectivity index (χ0) is 14.9. The van der Waals surface area contributed by atoms with Gasteiger partial charge in [-0.2, -0.15) is 0 Å². The number of carbonyl (C=O) groups is 1. The molecule has 2 rings (SSSR count). The average molecular weight is 271 g/mol. The van der Waals surface area contributed by atoms with Gasteiger partial charge in [-0.25, -0.2) is 0 Å². The molecule has 4 nitrogen and oxygen atoms in total. The fourth-order valence-corrected chi connectivity index (χ4v) is 2.27.